The van der Waals surface area contributed by atoms with Crippen molar-refractivity contribution in [1.82, 2.24) is 0 Å². The third-order valence-corrected chi connectivity index (χ3v) is 4.69. The highest BCUT2D eigenvalue weighted by Crippen LogP contribution is 2.37. The molecule has 0 aliphatic heterocycles. The molecule has 0 unspecified atom stereocenters. The van der Waals surface area contributed by atoms with Gasteiger partial charge in [-0.3, -0.25) is 0 Å². The van der Waals surface area contributed by atoms with Crippen LogP contribution in [0.2, 0.25) is 0 Å². The third-order valence-electron chi connectivity index (χ3n) is 4.69. The van der Waals surface area contributed by atoms with Gasteiger partial charge in [0.1, 0.15) is 11.4 Å². The van der Waals surface area contributed by atoms with Crippen LogP contribution in [0, 0.1) is 0 Å². The van der Waals surface area contributed by atoms with Gasteiger partial charge in [0, 0.05) is 6.07 Å². The first-order valence-electron chi connectivity index (χ1n) is 10.6. The Morgan fingerprint density at radius 1 is 0.484 bits per heavy atom. The molecule has 0 aliphatic carbocycles. The Labute approximate surface area is 185 Å². The van der Waals surface area contributed by atoms with Gasteiger partial charge in [-0.05, 0) is 69.3 Å². The molecule has 0 radical (unpaired) electrons. The topological polar surface area (TPSA) is 15.7 Å². The van der Waals surface area contributed by atoms with Crippen LogP contribution in [-0.2, 0) is 0 Å². The second-order valence-corrected chi connectivity index (χ2v) is 8.34. The molecule has 0 heterocycles. The van der Waals surface area contributed by atoms with Crippen LogP contribution in [0.5, 0.6) is 5.75 Å². The van der Waals surface area contributed by atoms with Crippen molar-refractivity contribution in [3.05, 3.63) is 115 Å². The van der Waals surface area contributed by atoms with Gasteiger partial charge in [-0.1, -0.05) is 60.7 Å². The lowest BCUT2D eigenvalue weighted by Crippen LogP contribution is -2.35. The summed E-state index contributed by atoms with van der Waals surface area (Å²) in [7, 11) is 0. The molecule has 3 nitrogen and oxygen atoms in total. The van der Waals surface area contributed by atoms with Crippen LogP contribution in [0.1, 0.15) is 20.8 Å². The lowest BCUT2D eigenvalue weighted by Gasteiger charge is -2.38. The predicted octanol–water partition coefficient (Wildman–Crippen LogP) is 7.76. The Morgan fingerprint density at radius 3 is 1.29 bits per heavy atom. The zero-order valence-corrected chi connectivity index (χ0v) is 18.3. The molecule has 0 spiro atoms. The molecule has 0 aliphatic rings. The molecule has 0 atom stereocenters. The van der Waals surface area contributed by atoms with Crippen molar-refractivity contribution >= 4 is 22.7 Å². The molecule has 4 aromatic carbocycles. The first-order chi connectivity index (χ1) is 15.0. The summed E-state index contributed by atoms with van der Waals surface area (Å²) in [6.07, 6.45) is 0. The summed E-state index contributed by atoms with van der Waals surface area (Å²) in [6, 6.07) is 39.5. The highest BCUT2D eigenvalue weighted by atomic mass is 16.5. The van der Waals surface area contributed by atoms with E-state index in [0.29, 0.717) is 0 Å². The fourth-order valence-electron chi connectivity index (χ4n) is 3.50. The summed E-state index contributed by atoms with van der Waals surface area (Å²) in [5.41, 5.74) is 3.94. The van der Waals surface area contributed by atoms with Crippen LogP contribution in [0.25, 0.3) is 0 Å². The monoisotopic (exact) mass is 408 g/mol. The molecule has 3 heteroatoms. The zero-order chi connectivity index (χ0) is 21.7. The number of anilines is 4. The third kappa shape index (κ3) is 5.07. The molecule has 0 aromatic heterocycles. The minimum absolute atomic E-state index is 0.269. The lowest BCUT2D eigenvalue weighted by molar-refractivity contribution is 0.131. The first kappa shape index (κ1) is 20.5. The summed E-state index contributed by atoms with van der Waals surface area (Å²) >= 11 is 0. The molecule has 4 aromatic rings. The number of hydrazine groups is 1. The van der Waals surface area contributed by atoms with Crippen molar-refractivity contribution in [2.24, 2.45) is 0 Å². The van der Waals surface area contributed by atoms with Crippen LogP contribution in [0.3, 0.4) is 0 Å². The van der Waals surface area contributed by atoms with Gasteiger partial charge in [-0.2, -0.15) is 0 Å². The largest absolute Gasteiger partial charge is 0.488 e. The Bertz CT molecular complexity index is 1050. The van der Waals surface area contributed by atoms with E-state index in [1.54, 1.807) is 0 Å². The lowest BCUT2D eigenvalue weighted by atomic mass is 10.2. The number of hydrogen-bond donors (Lipinski definition) is 0. The number of rotatable bonds is 6. The van der Waals surface area contributed by atoms with E-state index >= 15 is 0 Å². The van der Waals surface area contributed by atoms with Gasteiger partial charge in [-0.25, -0.2) is 10.0 Å². The molecule has 0 saturated heterocycles. The molecule has 0 bridgehead atoms. The van der Waals surface area contributed by atoms with E-state index in [1.807, 2.05) is 30.3 Å². The number of para-hydroxylation sites is 3. The standard InChI is InChI=1S/C28H28N2O/c1-28(2,3)31-27-21-13-20-26(22-27)30(25-18-11-6-12-19-25)29(23-14-7-4-8-15-23)24-16-9-5-10-17-24/h4-22H,1-3H3. The normalized spacial score (nSPS) is 11.1. The van der Waals surface area contributed by atoms with Crippen LogP contribution >= 0.6 is 0 Å². The van der Waals surface area contributed by atoms with Crippen molar-refractivity contribution in [3.8, 4) is 5.75 Å². The fraction of sp³-hybridized carbons (Fsp3) is 0.143. The van der Waals surface area contributed by atoms with Crippen LogP contribution in [0.15, 0.2) is 115 Å². The Kier molecular flexibility index (Phi) is 5.94. The zero-order valence-electron chi connectivity index (χ0n) is 18.3. The van der Waals surface area contributed by atoms with E-state index in [1.165, 1.54) is 0 Å². The van der Waals surface area contributed by atoms with Gasteiger partial charge in [0.15, 0.2) is 0 Å². The van der Waals surface area contributed by atoms with Gasteiger partial charge in [0.25, 0.3) is 0 Å². The molecule has 0 amide bonds. The molecule has 0 saturated carbocycles. The first-order valence-corrected chi connectivity index (χ1v) is 10.6. The van der Waals surface area contributed by atoms with E-state index in [9.17, 15) is 0 Å². The van der Waals surface area contributed by atoms with E-state index < -0.39 is 0 Å². The van der Waals surface area contributed by atoms with E-state index in [2.05, 4.69) is 116 Å². The minimum Gasteiger partial charge on any atom is -0.488 e. The van der Waals surface area contributed by atoms with Crippen molar-refractivity contribution in [2.75, 3.05) is 10.0 Å². The Balaban J connectivity index is 1.89. The maximum Gasteiger partial charge on any atom is 0.122 e. The number of nitrogens with zero attached hydrogens (tertiary/aromatic N) is 2. The average Bonchev–Trinajstić information content (AvgIpc) is 2.78. The van der Waals surface area contributed by atoms with Gasteiger partial charge >= 0.3 is 0 Å². The molecule has 156 valence electrons. The second-order valence-electron chi connectivity index (χ2n) is 8.34. The highest BCUT2D eigenvalue weighted by molar-refractivity contribution is 5.77. The summed E-state index contributed by atoms with van der Waals surface area (Å²) < 4.78 is 6.17. The Hall–Kier alpha value is -3.72. The smallest absolute Gasteiger partial charge is 0.122 e. The molecule has 0 N–H and O–H groups in total. The van der Waals surface area contributed by atoms with E-state index in [4.69, 9.17) is 4.74 Å². The quantitative estimate of drug-likeness (QED) is 0.303. The van der Waals surface area contributed by atoms with Crippen LogP contribution < -0.4 is 14.8 Å². The molecular weight excluding hydrogens is 380 g/mol. The van der Waals surface area contributed by atoms with Gasteiger partial charge < -0.3 is 4.74 Å². The second kappa shape index (κ2) is 8.97. The molecule has 4 rings (SSSR count). The number of hydrogen-bond acceptors (Lipinski definition) is 3. The van der Waals surface area contributed by atoms with Crippen LogP contribution in [-0.4, -0.2) is 5.60 Å². The summed E-state index contributed by atoms with van der Waals surface area (Å²) in [5, 5.41) is 4.45. The summed E-state index contributed by atoms with van der Waals surface area (Å²) in [5.74, 6) is 0.840. The van der Waals surface area contributed by atoms with E-state index in [0.717, 1.165) is 28.5 Å². The van der Waals surface area contributed by atoms with Crippen molar-refractivity contribution in [2.45, 2.75) is 26.4 Å². The van der Waals surface area contributed by atoms with Crippen molar-refractivity contribution < 1.29 is 4.74 Å². The van der Waals surface area contributed by atoms with Gasteiger partial charge in [0.2, 0.25) is 0 Å². The molecule has 31 heavy (non-hydrogen) atoms. The SMILES string of the molecule is CC(C)(C)Oc1cccc(N(c2ccccc2)N(c2ccccc2)c2ccccc2)c1. The fourth-order valence-corrected chi connectivity index (χ4v) is 3.50. The Morgan fingerprint density at radius 2 is 0.871 bits per heavy atom. The van der Waals surface area contributed by atoms with Gasteiger partial charge in [-0.15, -0.1) is 0 Å². The van der Waals surface area contributed by atoms with Gasteiger partial charge in [0.05, 0.1) is 22.7 Å². The van der Waals surface area contributed by atoms with Crippen LogP contribution in [0.4, 0.5) is 22.7 Å². The van der Waals surface area contributed by atoms with Crippen molar-refractivity contribution in [3.63, 3.8) is 0 Å². The predicted molar refractivity (Wildman–Crippen MR) is 130 cm³/mol. The number of ether oxygens (including phenoxy) is 1. The van der Waals surface area contributed by atoms with Crippen molar-refractivity contribution in [1.29, 1.82) is 0 Å². The maximum atomic E-state index is 6.17. The molecule has 0 fully saturated rings. The maximum absolute atomic E-state index is 6.17. The van der Waals surface area contributed by atoms with E-state index in [-0.39, 0.29) is 5.60 Å². The number of benzene rings is 4. The highest BCUT2D eigenvalue weighted by Gasteiger charge is 2.22. The average molecular weight is 409 g/mol. The summed E-state index contributed by atoms with van der Waals surface area (Å²) in [4.78, 5) is 0. The minimum atomic E-state index is -0.269. The molecular formula is C28H28N2O. The summed E-state index contributed by atoms with van der Waals surface area (Å²) in [6.45, 7) is 6.19.